The van der Waals surface area contributed by atoms with Crippen molar-refractivity contribution in [1.29, 1.82) is 0 Å². The van der Waals surface area contributed by atoms with Crippen molar-refractivity contribution in [3.05, 3.63) is 23.4 Å². The highest BCUT2D eigenvalue weighted by Crippen LogP contribution is 2.31. The average Bonchev–Trinajstić information content (AvgIpc) is 2.31. The van der Waals surface area contributed by atoms with E-state index in [9.17, 15) is 0 Å². The standard InChI is InChI=1S/C14H23N3O/c1-11-6-7-16-14(13(11)10-15)17(8-3-9-18)12-4-2-5-12/h6-7,12,18H,2-5,8-10,15H2,1H3. The first-order valence-corrected chi connectivity index (χ1v) is 6.80. The van der Waals surface area contributed by atoms with Gasteiger partial charge in [0.25, 0.3) is 0 Å². The van der Waals surface area contributed by atoms with Crippen molar-refractivity contribution in [2.75, 3.05) is 18.1 Å². The molecule has 1 heterocycles. The Balaban J connectivity index is 2.25. The number of nitrogens with two attached hydrogens (primary N) is 1. The molecule has 0 aromatic carbocycles. The SMILES string of the molecule is Cc1ccnc(N(CCCO)C2CCC2)c1CN. The van der Waals surface area contributed by atoms with Gasteiger partial charge in [-0.1, -0.05) is 0 Å². The lowest BCUT2D eigenvalue weighted by molar-refractivity contribution is 0.282. The molecule has 2 rings (SSSR count). The molecule has 100 valence electrons. The monoisotopic (exact) mass is 249 g/mol. The molecule has 0 spiro atoms. The van der Waals surface area contributed by atoms with Crippen LogP contribution >= 0.6 is 0 Å². The number of aromatic nitrogens is 1. The van der Waals surface area contributed by atoms with E-state index >= 15 is 0 Å². The molecule has 0 amide bonds. The van der Waals surface area contributed by atoms with Crippen molar-refractivity contribution in [3.8, 4) is 0 Å². The minimum absolute atomic E-state index is 0.229. The van der Waals surface area contributed by atoms with Crippen molar-refractivity contribution in [3.63, 3.8) is 0 Å². The Morgan fingerprint density at radius 2 is 2.28 bits per heavy atom. The van der Waals surface area contributed by atoms with Gasteiger partial charge >= 0.3 is 0 Å². The van der Waals surface area contributed by atoms with Gasteiger partial charge in [0.15, 0.2) is 0 Å². The van der Waals surface area contributed by atoms with Gasteiger partial charge in [-0.25, -0.2) is 4.98 Å². The first-order valence-electron chi connectivity index (χ1n) is 6.80. The number of hydrogen-bond acceptors (Lipinski definition) is 4. The fourth-order valence-electron chi connectivity index (χ4n) is 2.48. The minimum Gasteiger partial charge on any atom is -0.396 e. The lowest BCUT2D eigenvalue weighted by atomic mass is 9.90. The van der Waals surface area contributed by atoms with Crippen LogP contribution in [0.1, 0.15) is 36.8 Å². The largest absolute Gasteiger partial charge is 0.396 e. The van der Waals surface area contributed by atoms with Crippen LogP contribution in [0.2, 0.25) is 0 Å². The van der Waals surface area contributed by atoms with Gasteiger partial charge in [-0.05, 0) is 44.2 Å². The number of aliphatic hydroxyl groups is 1. The molecule has 1 aromatic rings. The lowest BCUT2D eigenvalue weighted by Gasteiger charge is -2.39. The summed E-state index contributed by atoms with van der Waals surface area (Å²) in [6.07, 6.45) is 6.39. The second kappa shape index (κ2) is 6.16. The Hall–Kier alpha value is -1.13. The summed E-state index contributed by atoms with van der Waals surface area (Å²) in [5, 5.41) is 9.04. The van der Waals surface area contributed by atoms with Crippen molar-refractivity contribution in [1.82, 2.24) is 4.98 Å². The van der Waals surface area contributed by atoms with Crippen LogP contribution in [0.3, 0.4) is 0 Å². The van der Waals surface area contributed by atoms with Crippen LogP contribution < -0.4 is 10.6 Å². The fourth-order valence-corrected chi connectivity index (χ4v) is 2.48. The Labute approximate surface area is 109 Å². The highest BCUT2D eigenvalue weighted by atomic mass is 16.3. The minimum atomic E-state index is 0.229. The van der Waals surface area contributed by atoms with Crippen LogP contribution in [-0.2, 0) is 6.54 Å². The molecule has 1 saturated carbocycles. The third-order valence-corrected chi connectivity index (χ3v) is 3.82. The summed E-state index contributed by atoms with van der Waals surface area (Å²) in [6.45, 7) is 3.70. The molecule has 18 heavy (non-hydrogen) atoms. The Bertz CT molecular complexity index is 391. The molecule has 4 heteroatoms. The Morgan fingerprint density at radius 1 is 1.50 bits per heavy atom. The zero-order chi connectivity index (χ0) is 13.0. The van der Waals surface area contributed by atoms with Crippen LogP contribution in [0.15, 0.2) is 12.3 Å². The third-order valence-electron chi connectivity index (χ3n) is 3.82. The van der Waals surface area contributed by atoms with Crippen LogP contribution in [0.4, 0.5) is 5.82 Å². The van der Waals surface area contributed by atoms with Crippen molar-refractivity contribution in [2.24, 2.45) is 5.73 Å². The summed E-state index contributed by atoms with van der Waals surface area (Å²) < 4.78 is 0. The molecule has 0 bridgehead atoms. The molecule has 1 fully saturated rings. The van der Waals surface area contributed by atoms with E-state index in [4.69, 9.17) is 10.8 Å². The topological polar surface area (TPSA) is 62.4 Å². The van der Waals surface area contributed by atoms with Crippen LogP contribution in [0.25, 0.3) is 0 Å². The predicted octanol–water partition coefficient (Wildman–Crippen LogP) is 1.59. The number of hydrogen-bond donors (Lipinski definition) is 2. The number of anilines is 1. The van der Waals surface area contributed by atoms with Crippen LogP contribution in [-0.4, -0.2) is 29.3 Å². The summed E-state index contributed by atoms with van der Waals surface area (Å²) in [5.41, 5.74) is 8.21. The van der Waals surface area contributed by atoms with Gasteiger partial charge in [-0.15, -0.1) is 0 Å². The summed E-state index contributed by atoms with van der Waals surface area (Å²) in [7, 11) is 0. The van der Waals surface area contributed by atoms with Crippen molar-refractivity contribution >= 4 is 5.82 Å². The first-order chi connectivity index (χ1) is 8.77. The van der Waals surface area contributed by atoms with E-state index < -0.39 is 0 Å². The number of rotatable bonds is 6. The molecule has 0 saturated heterocycles. The number of aliphatic hydroxyl groups excluding tert-OH is 1. The number of pyridine rings is 1. The average molecular weight is 249 g/mol. The van der Waals surface area contributed by atoms with E-state index in [0.717, 1.165) is 24.3 Å². The van der Waals surface area contributed by atoms with E-state index in [0.29, 0.717) is 12.6 Å². The molecular formula is C14H23N3O. The number of nitrogens with zero attached hydrogens (tertiary/aromatic N) is 2. The van der Waals surface area contributed by atoms with Gasteiger partial charge in [0.1, 0.15) is 5.82 Å². The molecular weight excluding hydrogens is 226 g/mol. The lowest BCUT2D eigenvalue weighted by Crippen LogP contribution is -2.42. The maximum atomic E-state index is 9.04. The van der Waals surface area contributed by atoms with E-state index in [-0.39, 0.29) is 6.61 Å². The van der Waals surface area contributed by atoms with E-state index in [1.54, 1.807) is 0 Å². The summed E-state index contributed by atoms with van der Waals surface area (Å²) in [4.78, 5) is 6.87. The highest BCUT2D eigenvalue weighted by Gasteiger charge is 2.27. The Morgan fingerprint density at radius 3 is 2.83 bits per heavy atom. The normalized spacial score (nSPS) is 15.5. The van der Waals surface area contributed by atoms with Crippen molar-refractivity contribution < 1.29 is 5.11 Å². The summed E-state index contributed by atoms with van der Waals surface area (Å²) in [6, 6.07) is 2.59. The predicted molar refractivity (Wildman–Crippen MR) is 73.6 cm³/mol. The zero-order valence-electron chi connectivity index (χ0n) is 11.1. The van der Waals surface area contributed by atoms with Gasteiger partial charge in [-0.2, -0.15) is 0 Å². The van der Waals surface area contributed by atoms with Crippen molar-refractivity contribution in [2.45, 2.75) is 45.2 Å². The summed E-state index contributed by atoms with van der Waals surface area (Å²) >= 11 is 0. The molecule has 1 aliphatic rings. The highest BCUT2D eigenvalue weighted by molar-refractivity contribution is 5.51. The Kier molecular flexibility index (Phi) is 4.55. The smallest absolute Gasteiger partial charge is 0.133 e. The maximum absolute atomic E-state index is 9.04. The molecule has 0 aliphatic heterocycles. The van der Waals surface area contributed by atoms with E-state index in [1.165, 1.54) is 24.8 Å². The molecule has 4 nitrogen and oxygen atoms in total. The second-order valence-electron chi connectivity index (χ2n) is 4.99. The molecule has 0 radical (unpaired) electrons. The molecule has 3 N–H and O–H groups in total. The zero-order valence-corrected chi connectivity index (χ0v) is 11.1. The van der Waals surface area contributed by atoms with Gasteiger partial charge in [0, 0.05) is 37.5 Å². The van der Waals surface area contributed by atoms with Gasteiger partial charge in [0.05, 0.1) is 0 Å². The summed E-state index contributed by atoms with van der Waals surface area (Å²) in [5.74, 6) is 1.02. The first kappa shape index (κ1) is 13.3. The quantitative estimate of drug-likeness (QED) is 0.803. The fraction of sp³-hybridized carbons (Fsp3) is 0.643. The molecule has 0 unspecified atom stereocenters. The van der Waals surface area contributed by atoms with Crippen LogP contribution in [0, 0.1) is 6.92 Å². The molecule has 1 aromatic heterocycles. The number of aryl methyl sites for hydroxylation is 1. The van der Waals surface area contributed by atoms with E-state index in [1.807, 2.05) is 12.3 Å². The van der Waals surface area contributed by atoms with E-state index in [2.05, 4.69) is 16.8 Å². The molecule has 1 aliphatic carbocycles. The van der Waals surface area contributed by atoms with Gasteiger partial charge in [-0.3, -0.25) is 0 Å². The second-order valence-corrected chi connectivity index (χ2v) is 4.99. The van der Waals surface area contributed by atoms with Gasteiger partial charge in [0.2, 0.25) is 0 Å². The molecule has 0 atom stereocenters. The third kappa shape index (κ3) is 2.65. The van der Waals surface area contributed by atoms with Crippen LogP contribution in [0.5, 0.6) is 0 Å². The van der Waals surface area contributed by atoms with Gasteiger partial charge < -0.3 is 15.7 Å². The maximum Gasteiger partial charge on any atom is 0.133 e.